The largest absolute Gasteiger partial charge is 0.467 e. The summed E-state index contributed by atoms with van der Waals surface area (Å²) in [5.74, 6) is 1.33. The van der Waals surface area contributed by atoms with Gasteiger partial charge < -0.3 is 13.7 Å². The first-order valence-corrected chi connectivity index (χ1v) is 7.15. The van der Waals surface area contributed by atoms with E-state index in [0.717, 1.165) is 0 Å². The number of nitrogens with zero attached hydrogens (tertiary/aromatic N) is 3. The summed E-state index contributed by atoms with van der Waals surface area (Å²) in [5.41, 5.74) is 0.500. The second-order valence-corrected chi connectivity index (χ2v) is 5.09. The highest BCUT2D eigenvalue weighted by atomic mass is 16.6. The number of rotatable bonds is 6. The van der Waals surface area contributed by atoms with Crippen molar-refractivity contribution in [3.05, 3.63) is 82.2 Å². The van der Waals surface area contributed by atoms with Crippen LogP contribution in [0.1, 0.15) is 17.1 Å². The normalized spacial score (nSPS) is 10.3. The monoisotopic (exact) mass is 323 g/mol. The van der Waals surface area contributed by atoms with Gasteiger partial charge in [0.05, 0.1) is 42.2 Å². The molecule has 7 heteroatoms. The Morgan fingerprint density at radius 3 is 2.17 bits per heavy atom. The van der Waals surface area contributed by atoms with Crippen molar-refractivity contribution in [2.45, 2.75) is 13.1 Å². The highest BCUT2D eigenvalue weighted by Crippen LogP contribution is 2.31. The molecular formula is C17H13N3O4. The van der Waals surface area contributed by atoms with E-state index in [1.165, 1.54) is 6.07 Å². The molecule has 0 aliphatic rings. The maximum Gasteiger partial charge on any atom is 0.293 e. The number of nitro benzene ring substituents is 1. The molecule has 24 heavy (non-hydrogen) atoms. The highest BCUT2D eigenvalue weighted by Gasteiger charge is 2.22. The summed E-state index contributed by atoms with van der Waals surface area (Å²) in [6, 6.07) is 13.4. The van der Waals surface area contributed by atoms with Crippen LogP contribution in [0.4, 0.5) is 11.4 Å². The van der Waals surface area contributed by atoms with E-state index in [2.05, 4.69) is 0 Å². The maximum absolute atomic E-state index is 11.4. The number of nitro groups is 1. The molecule has 0 radical (unpaired) electrons. The minimum atomic E-state index is -0.493. The number of hydrogen-bond donors (Lipinski definition) is 0. The minimum absolute atomic E-state index is 0.132. The van der Waals surface area contributed by atoms with Crippen molar-refractivity contribution < 1.29 is 13.8 Å². The molecule has 0 aliphatic heterocycles. The Hall–Kier alpha value is -3.53. The number of furan rings is 2. The van der Waals surface area contributed by atoms with E-state index >= 15 is 0 Å². The predicted octanol–water partition coefficient (Wildman–Crippen LogP) is 3.86. The fraction of sp³-hybridized carbons (Fsp3) is 0.118. The van der Waals surface area contributed by atoms with Crippen molar-refractivity contribution in [3.8, 4) is 6.07 Å². The zero-order chi connectivity index (χ0) is 16.9. The Labute approximate surface area is 137 Å². The molecule has 0 spiro atoms. The van der Waals surface area contributed by atoms with Crippen LogP contribution in [-0.4, -0.2) is 4.92 Å². The molecule has 0 atom stereocenters. The van der Waals surface area contributed by atoms with E-state index in [9.17, 15) is 10.1 Å². The van der Waals surface area contributed by atoms with Gasteiger partial charge in [0.25, 0.3) is 5.69 Å². The molecule has 0 bridgehead atoms. The summed E-state index contributed by atoms with van der Waals surface area (Å²) in [7, 11) is 0. The molecular weight excluding hydrogens is 310 g/mol. The van der Waals surface area contributed by atoms with Gasteiger partial charge in [-0.15, -0.1) is 0 Å². The Bertz CT molecular complexity index is 828. The molecule has 1 aromatic carbocycles. The van der Waals surface area contributed by atoms with Crippen molar-refractivity contribution in [1.82, 2.24) is 0 Å². The van der Waals surface area contributed by atoms with Gasteiger partial charge in [-0.1, -0.05) is 0 Å². The molecule has 0 saturated heterocycles. The first kappa shape index (κ1) is 15.4. The Balaban J connectivity index is 2.01. The van der Waals surface area contributed by atoms with E-state index in [1.807, 2.05) is 6.07 Å². The summed E-state index contributed by atoms with van der Waals surface area (Å²) < 4.78 is 10.7. The van der Waals surface area contributed by atoms with Gasteiger partial charge >= 0.3 is 0 Å². The molecule has 2 aromatic heterocycles. The van der Waals surface area contributed by atoms with Crippen LogP contribution in [0.5, 0.6) is 0 Å². The standard InChI is InChI=1S/C17H13N3O4/c18-10-13-5-6-16(17(9-13)20(21)22)19(11-14-3-1-7-23-14)12-15-4-2-8-24-15/h1-9H,11-12H2. The van der Waals surface area contributed by atoms with Crippen LogP contribution >= 0.6 is 0 Å². The Morgan fingerprint density at radius 1 is 1.08 bits per heavy atom. The van der Waals surface area contributed by atoms with Gasteiger partial charge in [-0.05, 0) is 36.4 Å². The van der Waals surface area contributed by atoms with Crippen molar-refractivity contribution in [2.24, 2.45) is 0 Å². The van der Waals surface area contributed by atoms with Crippen molar-refractivity contribution in [3.63, 3.8) is 0 Å². The summed E-state index contributed by atoms with van der Waals surface area (Å²) in [6.07, 6.45) is 3.10. The van der Waals surface area contributed by atoms with Crippen molar-refractivity contribution in [2.75, 3.05) is 4.90 Å². The molecule has 3 rings (SSSR count). The van der Waals surface area contributed by atoms with Gasteiger partial charge in [0.15, 0.2) is 0 Å². The van der Waals surface area contributed by atoms with Crippen LogP contribution in [0, 0.1) is 21.4 Å². The van der Waals surface area contributed by atoms with Crippen LogP contribution in [-0.2, 0) is 13.1 Å². The highest BCUT2D eigenvalue weighted by molar-refractivity contribution is 5.65. The average Bonchev–Trinajstić information content (AvgIpc) is 3.27. The third-order valence-corrected chi connectivity index (χ3v) is 3.50. The average molecular weight is 323 g/mol. The number of benzene rings is 1. The van der Waals surface area contributed by atoms with E-state index < -0.39 is 4.92 Å². The van der Waals surface area contributed by atoms with Crippen molar-refractivity contribution in [1.29, 1.82) is 5.26 Å². The van der Waals surface area contributed by atoms with E-state index in [4.69, 9.17) is 14.1 Å². The summed E-state index contributed by atoms with van der Waals surface area (Å²) >= 11 is 0. The number of nitriles is 1. The third kappa shape index (κ3) is 3.28. The molecule has 0 fully saturated rings. The lowest BCUT2D eigenvalue weighted by molar-refractivity contribution is -0.384. The molecule has 120 valence electrons. The van der Waals surface area contributed by atoms with Gasteiger partial charge in [0, 0.05) is 6.07 Å². The van der Waals surface area contributed by atoms with Gasteiger partial charge in [-0.2, -0.15) is 5.26 Å². The molecule has 0 saturated carbocycles. The molecule has 0 amide bonds. The predicted molar refractivity (Wildman–Crippen MR) is 85.1 cm³/mol. The number of hydrogen-bond acceptors (Lipinski definition) is 6. The SMILES string of the molecule is N#Cc1ccc(N(Cc2ccco2)Cc2ccco2)c([N+](=O)[O-])c1. The molecule has 0 unspecified atom stereocenters. The van der Waals surface area contributed by atoms with E-state index in [-0.39, 0.29) is 11.3 Å². The molecule has 2 heterocycles. The zero-order valence-corrected chi connectivity index (χ0v) is 12.6. The van der Waals surface area contributed by atoms with E-state index in [0.29, 0.717) is 30.3 Å². The van der Waals surface area contributed by atoms with Gasteiger partial charge in [-0.25, -0.2) is 0 Å². The third-order valence-electron chi connectivity index (χ3n) is 3.50. The van der Waals surface area contributed by atoms with E-state index in [1.54, 1.807) is 53.8 Å². The lowest BCUT2D eigenvalue weighted by Crippen LogP contribution is -2.22. The summed E-state index contributed by atoms with van der Waals surface area (Å²) in [6.45, 7) is 0.668. The zero-order valence-electron chi connectivity index (χ0n) is 12.6. The molecule has 7 nitrogen and oxygen atoms in total. The quantitative estimate of drug-likeness (QED) is 0.505. The van der Waals surface area contributed by atoms with Crippen LogP contribution in [0.25, 0.3) is 0 Å². The summed E-state index contributed by atoms with van der Waals surface area (Å²) in [5, 5.41) is 20.4. The smallest absolute Gasteiger partial charge is 0.293 e. The Morgan fingerprint density at radius 2 is 1.71 bits per heavy atom. The second kappa shape index (κ2) is 6.71. The number of anilines is 1. The summed E-state index contributed by atoms with van der Waals surface area (Å²) in [4.78, 5) is 12.7. The van der Waals surface area contributed by atoms with Crippen LogP contribution < -0.4 is 4.90 Å². The van der Waals surface area contributed by atoms with Crippen LogP contribution in [0.15, 0.2) is 63.8 Å². The lowest BCUT2D eigenvalue weighted by atomic mass is 10.1. The first-order chi connectivity index (χ1) is 11.7. The van der Waals surface area contributed by atoms with Gasteiger partial charge in [-0.3, -0.25) is 10.1 Å². The maximum atomic E-state index is 11.4. The Kier molecular flexibility index (Phi) is 4.29. The first-order valence-electron chi connectivity index (χ1n) is 7.15. The minimum Gasteiger partial charge on any atom is -0.467 e. The topological polar surface area (TPSA) is 96.5 Å². The molecule has 3 aromatic rings. The second-order valence-electron chi connectivity index (χ2n) is 5.09. The van der Waals surface area contributed by atoms with Gasteiger partial charge in [0.2, 0.25) is 0 Å². The van der Waals surface area contributed by atoms with Crippen LogP contribution in [0.2, 0.25) is 0 Å². The van der Waals surface area contributed by atoms with Crippen molar-refractivity contribution >= 4 is 11.4 Å². The lowest BCUT2D eigenvalue weighted by Gasteiger charge is -2.22. The fourth-order valence-electron chi connectivity index (χ4n) is 2.41. The fourth-order valence-corrected chi connectivity index (χ4v) is 2.41. The molecule has 0 aliphatic carbocycles. The van der Waals surface area contributed by atoms with Crippen LogP contribution in [0.3, 0.4) is 0 Å². The molecule has 0 N–H and O–H groups in total. The van der Waals surface area contributed by atoms with Gasteiger partial charge in [0.1, 0.15) is 17.2 Å².